The second-order valence-corrected chi connectivity index (χ2v) is 6.77. The van der Waals surface area contributed by atoms with Gasteiger partial charge in [0.05, 0.1) is 0 Å². The molecule has 3 heterocycles. The molecule has 0 aliphatic carbocycles. The van der Waals surface area contributed by atoms with E-state index in [9.17, 15) is 14.4 Å². The Balaban J connectivity index is 1.65. The van der Waals surface area contributed by atoms with E-state index in [1.807, 2.05) is 0 Å². The van der Waals surface area contributed by atoms with Crippen LogP contribution in [0, 0.1) is 0 Å². The number of carbonyl (C=O) groups excluding carboxylic acids is 3. The van der Waals surface area contributed by atoms with Crippen molar-refractivity contribution in [1.82, 2.24) is 40.9 Å². The van der Waals surface area contributed by atoms with Crippen molar-refractivity contribution < 1.29 is 14.4 Å². The van der Waals surface area contributed by atoms with Gasteiger partial charge in [0.2, 0.25) is 0 Å². The van der Waals surface area contributed by atoms with Crippen molar-refractivity contribution in [3.05, 3.63) is 0 Å². The third kappa shape index (κ3) is 3.78. The fourth-order valence-corrected chi connectivity index (χ4v) is 3.43. The van der Waals surface area contributed by atoms with Gasteiger partial charge in [-0.1, -0.05) is 0 Å². The van der Waals surface area contributed by atoms with Gasteiger partial charge in [-0.25, -0.2) is 14.4 Å². The van der Waals surface area contributed by atoms with E-state index in [2.05, 4.69) is 21.3 Å². The zero-order valence-electron chi connectivity index (χ0n) is 15.3. The molecule has 0 aromatic heterocycles. The predicted molar refractivity (Wildman–Crippen MR) is 94.4 cm³/mol. The number of urea groups is 3. The van der Waals surface area contributed by atoms with E-state index in [0.29, 0.717) is 26.2 Å². The Morgan fingerprint density at radius 2 is 1.15 bits per heavy atom. The van der Waals surface area contributed by atoms with Gasteiger partial charge in [-0.3, -0.25) is 0 Å². The Hall–Kier alpha value is -2.27. The molecule has 0 bridgehead atoms. The Morgan fingerprint density at radius 1 is 0.808 bits per heavy atom. The van der Waals surface area contributed by atoms with Crippen LogP contribution in [0.4, 0.5) is 14.4 Å². The molecule has 146 valence electrons. The molecular weight excluding hydrogens is 340 g/mol. The van der Waals surface area contributed by atoms with E-state index in [1.54, 1.807) is 23.9 Å². The first-order chi connectivity index (χ1) is 12.5. The topological polar surface area (TPSA) is 112 Å². The monoisotopic (exact) mass is 368 g/mol. The number of rotatable bonds is 2. The molecule has 3 aliphatic rings. The summed E-state index contributed by atoms with van der Waals surface area (Å²) in [5.41, 5.74) is 0. The summed E-state index contributed by atoms with van der Waals surface area (Å²) in [6, 6.07) is -0.707. The van der Waals surface area contributed by atoms with Crippen molar-refractivity contribution in [3.63, 3.8) is 0 Å². The van der Waals surface area contributed by atoms with Gasteiger partial charge in [-0.2, -0.15) is 0 Å². The number of hydrogen-bond donors (Lipinski definition) is 4. The molecule has 11 heteroatoms. The van der Waals surface area contributed by atoms with Crippen molar-refractivity contribution in [1.29, 1.82) is 0 Å². The molecule has 11 nitrogen and oxygen atoms in total. The molecule has 0 saturated carbocycles. The summed E-state index contributed by atoms with van der Waals surface area (Å²) in [7, 11) is 3.25. The first-order valence-electron chi connectivity index (χ1n) is 9.01. The zero-order chi connectivity index (χ0) is 18.7. The van der Waals surface area contributed by atoms with Crippen LogP contribution in [-0.2, 0) is 0 Å². The fourth-order valence-electron chi connectivity index (χ4n) is 3.43. The molecule has 0 spiro atoms. The molecule has 2 unspecified atom stereocenters. The van der Waals surface area contributed by atoms with Crippen LogP contribution in [0.1, 0.15) is 0 Å². The second kappa shape index (κ2) is 7.96. The van der Waals surface area contributed by atoms with Crippen LogP contribution < -0.4 is 21.3 Å². The summed E-state index contributed by atoms with van der Waals surface area (Å²) in [6.45, 7) is 5.44. The maximum atomic E-state index is 12.5. The quantitative estimate of drug-likeness (QED) is 0.445. The Bertz CT molecular complexity index is 501. The van der Waals surface area contributed by atoms with Crippen LogP contribution in [0.25, 0.3) is 0 Å². The summed E-state index contributed by atoms with van der Waals surface area (Å²) in [4.78, 5) is 43.7. The summed E-state index contributed by atoms with van der Waals surface area (Å²) in [5.74, 6) is 0. The maximum absolute atomic E-state index is 12.5. The molecule has 0 aromatic rings. The highest BCUT2D eigenvalue weighted by molar-refractivity contribution is 5.82. The molecule has 3 rings (SSSR count). The minimum Gasteiger partial charge on any atom is -0.322 e. The summed E-state index contributed by atoms with van der Waals surface area (Å²) in [5, 5.41) is 12.2. The number of piperazine rings is 2. The van der Waals surface area contributed by atoms with Gasteiger partial charge < -0.3 is 40.9 Å². The zero-order valence-corrected chi connectivity index (χ0v) is 15.3. The normalized spacial score (nSPS) is 26.9. The Morgan fingerprint density at radius 3 is 1.50 bits per heavy atom. The van der Waals surface area contributed by atoms with Crippen LogP contribution in [-0.4, -0.2) is 116 Å². The van der Waals surface area contributed by atoms with E-state index in [-0.39, 0.29) is 18.1 Å². The lowest BCUT2D eigenvalue weighted by molar-refractivity contribution is 0.152. The molecule has 0 aromatic carbocycles. The van der Waals surface area contributed by atoms with Gasteiger partial charge in [-0.15, -0.1) is 0 Å². The van der Waals surface area contributed by atoms with E-state index in [0.717, 1.165) is 26.2 Å². The Labute approximate surface area is 153 Å². The third-order valence-corrected chi connectivity index (χ3v) is 5.09. The molecule has 3 saturated heterocycles. The minimum atomic E-state index is -0.623. The fraction of sp³-hybridized carbons (Fsp3) is 0.800. The van der Waals surface area contributed by atoms with Crippen LogP contribution >= 0.6 is 0 Å². The largest absolute Gasteiger partial charge is 0.323 e. The van der Waals surface area contributed by atoms with E-state index in [1.165, 1.54) is 9.80 Å². The van der Waals surface area contributed by atoms with Gasteiger partial charge in [0.25, 0.3) is 0 Å². The summed E-state index contributed by atoms with van der Waals surface area (Å²) >= 11 is 0. The Kier molecular flexibility index (Phi) is 5.67. The van der Waals surface area contributed by atoms with Crippen molar-refractivity contribution in [2.75, 3.05) is 66.5 Å². The van der Waals surface area contributed by atoms with E-state index in [4.69, 9.17) is 0 Å². The molecule has 3 aliphatic heterocycles. The van der Waals surface area contributed by atoms with E-state index >= 15 is 0 Å². The highest BCUT2D eigenvalue weighted by Gasteiger charge is 2.44. The number of amides is 6. The first-order valence-corrected chi connectivity index (χ1v) is 9.01. The van der Waals surface area contributed by atoms with Crippen LogP contribution in [0.5, 0.6) is 0 Å². The number of nitrogens with one attached hydrogen (secondary N) is 4. The average molecular weight is 368 g/mol. The van der Waals surface area contributed by atoms with Crippen molar-refractivity contribution >= 4 is 18.1 Å². The first kappa shape index (κ1) is 18.5. The third-order valence-electron chi connectivity index (χ3n) is 5.09. The van der Waals surface area contributed by atoms with Crippen LogP contribution in [0.15, 0.2) is 0 Å². The predicted octanol–water partition coefficient (Wildman–Crippen LogP) is -2.13. The lowest BCUT2D eigenvalue weighted by Gasteiger charge is -2.34. The molecule has 26 heavy (non-hydrogen) atoms. The number of likely N-dealkylation sites (N-methyl/N-ethyl adjacent to an activating group) is 2. The molecule has 6 amide bonds. The van der Waals surface area contributed by atoms with E-state index < -0.39 is 12.3 Å². The second-order valence-electron chi connectivity index (χ2n) is 6.77. The molecular formula is C15H28N8O3. The standard InChI is InChI=1S/C15H28N8O3/c1-20-11(18-13(24)22-7-3-16-4-8-22)12(21(2)15(20)26)19-14(25)23-9-5-17-6-10-23/h11-12,16-17H,3-10H2,1-2H3,(H,18,24)(H,19,25). The van der Waals surface area contributed by atoms with Gasteiger partial charge in [0.1, 0.15) is 12.3 Å². The average Bonchev–Trinajstić information content (AvgIpc) is 2.87. The smallest absolute Gasteiger partial charge is 0.322 e. The van der Waals surface area contributed by atoms with Crippen LogP contribution in [0.3, 0.4) is 0 Å². The van der Waals surface area contributed by atoms with Gasteiger partial charge in [0, 0.05) is 66.5 Å². The lowest BCUT2D eigenvalue weighted by atomic mass is 10.3. The van der Waals surface area contributed by atoms with Gasteiger partial charge in [0.15, 0.2) is 0 Å². The highest BCUT2D eigenvalue weighted by atomic mass is 16.2. The highest BCUT2D eigenvalue weighted by Crippen LogP contribution is 2.17. The molecule has 4 N–H and O–H groups in total. The van der Waals surface area contributed by atoms with Crippen molar-refractivity contribution in [3.8, 4) is 0 Å². The van der Waals surface area contributed by atoms with Crippen LogP contribution in [0.2, 0.25) is 0 Å². The minimum absolute atomic E-state index is 0.229. The number of hydrogen-bond acceptors (Lipinski definition) is 5. The molecule has 0 radical (unpaired) electrons. The number of nitrogens with zero attached hydrogens (tertiary/aromatic N) is 4. The van der Waals surface area contributed by atoms with Gasteiger partial charge in [-0.05, 0) is 0 Å². The summed E-state index contributed by atoms with van der Waals surface area (Å²) in [6.07, 6.45) is -1.25. The summed E-state index contributed by atoms with van der Waals surface area (Å²) < 4.78 is 0. The molecule has 3 fully saturated rings. The number of carbonyl (C=O) groups is 3. The van der Waals surface area contributed by atoms with Crippen molar-refractivity contribution in [2.45, 2.75) is 12.3 Å². The maximum Gasteiger partial charge on any atom is 0.323 e. The SMILES string of the molecule is CN1C(=O)N(C)C(NC(=O)N2CCNCC2)C1NC(=O)N1CCNCC1. The molecule has 2 atom stereocenters. The lowest BCUT2D eigenvalue weighted by Crippen LogP contribution is -2.62. The van der Waals surface area contributed by atoms with Gasteiger partial charge >= 0.3 is 18.1 Å². The van der Waals surface area contributed by atoms with Crippen molar-refractivity contribution in [2.24, 2.45) is 0 Å².